The van der Waals surface area contributed by atoms with E-state index in [9.17, 15) is 14.7 Å². The Kier molecular flexibility index (Phi) is 4.06. The number of nitrogen functional groups attached to an aromatic ring is 1. The highest BCUT2D eigenvalue weighted by Crippen LogP contribution is 2.19. The molecule has 0 aliphatic rings. The molecule has 0 unspecified atom stereocenters. The minimum Gasteiger partial charge on any atom is -0.506 e. The van der Waals surface area contributed by atoms with Crippen LogP contribution in [0, 0.1) is 0 Å². The second-order valence-electron chi connectivity index (χ2n) is 3.90. The second kappa shape index (κ2) is 5.75. The van der Waals surface area contributed by atoms with Crippen LogP contribution >= 0.6 is 11.8 Å². The van der Waals surface area contributed by atoms with Gasteiger partial charge >= 0.3 is 0 Å². The highest BCUT2D eigenvalue weighted by molar-refractivity contribution is 7.98. The summed E-state index contributed by atoms with van der Waals surface area (Å²) in [6.45, 7) is 0.521. The third-order valence-electron chi connectivity index (χ3n) is 2.60. The van der Waals surface area contributed by atoms with Gasteiger partial charge < -0.3 is 16.2 Å². The van der Waals surface area contributed by atoms with Crippen molar-refractivity contribution in [2.24, 2.45) is 0 Å². The molecule has 0 amide bonds. The fraction of sp³-hybridized carbons (Fsp3) is 0.250. The van der Waals surface area contributed by atoms with Crippen LogP contribution in [0.5, 0.6) is 5.75 Å². The van der Waals surface area contributed by atoms with Crippen LogP contribution in [0.3, 0.4) is 0 Å². The summed E-state index contributed by atoms with van der Waals surface area (Å²) in [7, 11) is 0. The zero-order valence-corrected chi connectivity index (χ0v) is 10.9. The number of anilines is 2. The van der Waals surface area contributed by atoms with E-state index >= 15 is 0 Å². The van der Waals surface area contributed by atoms with Gasteiger partial charge in [-0.1, -0.05) is 0 Å². The molecule has 6 nitrogen and oxygen atoms in total. The van der Waals surface area contributed by atoms with E-state index in [4.69, 9.17) is 5.73 Å². The van der Waals surface area contributed by atoms with Crippen molar-refractivity contribution in [3.63, 3.8) is 0 Å². The van der Waals surface area contributed by atoms with Gasteiger partial charge in [0.05, 0.1) is 5.69 Å². The Balaban J connectivity index is 1.73. The highest BCUT2D eigenvalue weighted by Gasteiger charge is 2.16. The molecule has 0 atom stereocenters. The third kappa shape index (κ3) is 2.87. The number of nitrogens with one attached hydrogen (secondary N) is 1. The summed E-state index contributed by atoms with van der Waals surface area (Å²) in [5.41, 5.74) is 5.06. The molecule has 0 fully saturated rings. The summed E-state index contributed by atoms with van der Waals surface area (Å²) in [5, 5.41) is 12.3. The second-order valence-corrected chi connectivity index (χ2v) is 5.00. The van der Waals surface area contributed by atoms with Crippen molar-refractivity contribution < 1.29 is 5.11 Å². The number of aromatic hydroxyl groups is 1. The predicted molar refractivity (Wildman–Crippen MR) is 76.3 cm³/mol. The smallest absolute Gasteiger partial charge is 0.253 e. The van der Waals surface area contributed by atoms with Gasteiger partial charge in [0.1, 0.15) is 17.1 Å². The van der Waals surface area contributed by atoms with Crippen LogP contribution in [0.2, 0.25) is 0 Å². The number of thioether (sulfide) groups is 1. The molecule has 19 heavy (non-hydrogen) atoms. The maximum absolute atomic E-state index is 11.1. The van der Waals surface area contributed by atoms with Crippen LogP contribution in [0.15, 0.2) is 27.9 Å². The Morgan fingerprint density at radius 1 is 1.37 bits per heavy atom. The van der Waals surface area contributed by atoms with Gasteiger partial charge in [-0.15, -0.1) is 0 Å². The summed E-state index contributed by atoms with van der Waals surface area (Å²) >= 11 is 1.56. The molecular weight excluding hydrogens is 266 g/mol. The maximum atomic E-state index is 11.1. The fourth-order valence-corrected chi connectivity index (χ4v) is 2.35. The zero-order chi connectivity index (χ0) is 13.8. The Hall–Kier alpha value is -2.02. The minimum atomic E-state index is -0.617. The third-order valence-corrected chi connectivity index (χ3v) is 3.57. The number of aromatic nitrogens is 1. The van der Waals surface area contributed by atoms with Crippen LogP contribution in [-0.4, -0.2) is 22.4 Å². The largest absolute Gasteiger partial charge is 0.506 e. The van der Waals surface area contributed by atoms with Gasteiger partial charge in [-0.25, -0.2) is 0 Å². The van der Waals surface area contributed by atoms with Gasteiger partial charge in [0.2, 0.25) is 0 Å². The lowest BCUT2D eigenvalue weighted by Crippen LogP contribution is -2.37. The number of hydrogen-bond donors (Lipinski definition) is 3. The fourth-order valence-electron chi connectivity index (χ4n) is 1.54. The average Bonchev–Trinajstić information content (AvgIpc) is 2.43. The van der Waals surface area contributed by atoms with E-state index in [1.54, 1.807) is 30.1 Å². The van der Waals surface area contributed by atoms with Gasteiger partial charge in [0.15, 0.2) is 0 Å². The molecule has 0 saturated heterocycles. The highest BCUT2D eigenvalue weighted by atomic mass is 32.2. The van der Waals surface area contributed by atoms with Gasteiger partial charge in [-0.3, -0.25) is 14.6 Å². The molecule has 1 aromatic heterocycles. The molecule has 0 bridgehead atoms. The lowest BCUT2D eigenvalue weighted by molar-refractivity contribution is 0.467. The Morgan fingerprint density at radius 3 is 2.84 bits per heavy atom. The first kappa shape index (κ1) is 13.4. The van der Waals surface area contributed by atoms with Crippen molar-refractivity contribution in [3.05, 3.63) is 44.5 Å². The minimum absolute atomic E-state index is 0.0115. The van der Waals surface area contributed by atoms with E-state index in [0.29, 0.717) is 23.7 Å². The Labute approximate surface area is 113 Å². The number of hydrogen-bond acceptors (Lipinski definition) is 7. The zero-order valence-electron chi connectivity index (χ0n) is 10.0. The van der Waals surface area contributed by atoms with Gasteiger partial charge in [0, 0.05) is 24.2 Å². The van der Waals surface area contributed by atoms with E-state index in [1.165, 1.54) is 0 Å². The molecule has 1 heterocycles. The quantitative estimate of drug-likeness (QED) is 0.516. The summed E-state index contributed by atoms with van der Waals surface area (Å²) in [4.78, 5) is 26.0. The normalized spacial score (nSPS) is 10.7. The lowest BCUT2D eigenvalue weighted by Gasteiger charge is -2.09. The van der Waals surface area contributed by atoms with Gasteiger partial charge in [-0.2, -0.15) is 11.8 Å². The van der Waals surface area contributed by atoms with Crippen molar-refractivity contribution in [2.75, 3.05) is 23.3 Å². The van der Waals surface area contributed by atoms with Crippen molar-refractivity contribution in [2.45, 2.75) is 5.75 Å². The number of nitrogens with two attached hydrogens (primary N) is 1. The Morgan fingerprint density at radius 2 is 2.16 bits per heavy atom. The number of rotatable bonds is 6. The molecule has 0 saturated carbocycles. The molecule has 0 spiro atoms. The monoisotopic (exact) mass is 279 g/mol. The topological polar surface area (TPSA) is 105 Å². The molecule has 0 aliphatic carbocycles. The van der Waals surface area contributed by atoms with Crippen molar-refractivity contribution >= 4 is 23.1 Å². The molecule has 2 aromatic rings. The van der Waals surface area contributed by atoms with Crippen molar-refractivity contribution in [3.8, 4) is 5.75 Å². The van der Waals surface area contributed by atoms with Crippen molar-refractivity contribution in [1.82, 2.24) is 4.98 Å². The van der Waals surface area contributed by atoms with E-state index in [0.717, 1.165) is 0 Å². The number of pyridine rings is 1. The van der Waals surface area contributed by atoms with E-state index in [2.05, 4.69) is 10.3 Å². The van der Waals surface area contributed by atoms with E-state index in [-0.39, 0.29) is 17.1 Å². The molecule has 2 rings (SSSR count). The summed E-state index contributed by atoms with van der Waals surface area (Å²) in [5.74, 6) is 1.46. The molecule has 4 N–H and O–H groups in total. The average molecular weight is 279 g/mol. The van der Waals surface area contributed by atoms with Crippen molar-refractivity contribution in [1.29, 1.82) is 0 Å². The molecule has 1 aromatic carbocycles. The predicted octanol–water partition coefficient (Wildman–Crippen LogP) is 0.311. The first-order valence-corrected chi connectivity index (χ1v) is 6.80. The summed E-state index contributed by atoms with van der Waals surface area (Å²) in [6.07, 6.45) is 1.62. The first-order chi connectivity index (χ1) is 9.11. The molecule has 100 valence electrons. The standard InChI is InChI=1S/C12H13N3O3S/c13-9-10(12(18)11(9)17)15-4-5-19-6-7-8(16)2-1-3-14-7/h1-3,15-16H,4-6,13H2. The SMILES string of the molecule is Nc1c(NCCSCc2ncccc2O)c(=O)c1=O. The maximum Gasteiger partial charge on any atom is 0.253 e. The van der Waals surface area contributed by atoms with Crippen LogP contribution in [-0.2, 0) is 5.75 Å². The molecule has 0 aliphatic heterocycles. The molecule has 0 radical (unpaired) electrons. The van der Waals surface area contributed by atoms with Crippen LogP contribution in [0.4, 0.5) is 11.4 Å². The van der Waals surface area contributed by atoms with Crippen LogP contribution < -0.4 is 21.9 Å². The van der Waals surface area contributed by atoms with E-state index < -0.39 is 10.9 Å². The van der Waals surface area contributed by atoms with Crippen LogP contribution in [0.25, 0.3) is 0 Å². The molecular formula is C12H13N3O3S. The first-order valence-electron chi connectivity index (χ1n) is 5.64. The Bertz CT molecular complexity index is 650. The summed E-state index contributed by atoms with van der Waals surface area (Å²) in [6, 6.07) is 3.25. The summed E-state index contributed by atoms with van der Waals surface area (Å²) < 4.78 is 0. The van der Waals surface area contributed by atoms with Gasteiger partial charge in [-0.05, 0) is 12.1 Å². The molecule has 7 heteroatoms. The van der Waals surface area contributed by atoms with Gasteiger partial charge in [0.25, 0.3) is 10.9 Å². The van der Waals surface area contributed by atoms with E-state index in [1.807, 2.05) is 0 Å². The van der Waals surface area contributed by atoms with Crippen LogP contribution in [0.1, 0.15) is 5.69 Å². The number of nitrogens with zero attached hydrogens (tertiary/aromatic N) is 1. The lowest BCUT2D eigenvalue weighted by atomic mass is 10.2.